The maximum atomic E-state index is 13.5. The van der Waals surface area contributed by atoms with Crippen LogP contribution < -0.4 is 5.32 Å². The van der Waals surface area contributed by atoms with Crippen molar-refractivity contribution in [3.63, 3.8) is 0 Å². The zero-order chi connectivity index (χ0) is 77.4. The van der Waals surface area contributed by atoms with Gasteiger partial charge in [0.15, 0.2) is 18.9 Å². The lowest BCUT2D eigenvalue weighted by atomic mass is 9.96. The molecule has 3 rings (SSSR count). The summed E-state index contributed by atoms with van der Waals surface area (Å²) in [6.07, 6.45) is 64.5. The minimum Gasteiger partial charge on any atom is -0.394 e. The van der Waals surface area contributed by atoms with Crippen molar-refractivity contribution in [2.45, 2.75) is 439 Å². The molecule has 0 aliphatic carbocycles. The molecule has 0 saturated carbocycles. The van der Waals surface area contributed by atoms with Gasteiger partial charge in [-0.05, 0) is 77.0 Å². The van der Waals surface area contributed by atoms with Crippen molar-refractivity contribution in [1.29, 1.82) is 0 Å². The highest BCUT2D eigenvalue weighted by atomic mass is 16.8. The Labute approximate surface area is 648 Å². The predicted octanol–water partition coefficient (Wildman–Crippen LogP) is 15.7. The van der Waals surface area contributed by atoms with Crippen molar-refractivity contribution in [3.05, 3.63) is 85.1 Å². The van der Waals surface area contributed by atoms with Crippen LogP contribution in [-0.4, -0.2) is 193 Å². The average molecular weight is 1520 g/mol. The summed E-state index contributed by atoms with van der Waals surface area (Å²) in [7, 11) is 0. The topological polar surface area (TPSA) is 307 Å². The van der Waals surface area contributed by atoms with Crippen LogP contribution in [0.5, 0.6) is 0 Å². The summed E-state index contributed by atoms with van der Waals surface area (Å²) in [6, 6.07) is -0.992. The molecular formula is C88H157NO18. The van der Waals surface area contributed by atoms with Crippen LogP contribution in [0.1, 0.15) is 335 Å². The molecule has 0 spiro atoms. The van der Waals surface area contributed by atoms with Gasteiger partial charge in [-0.3, -0.25) is 4.79 Å². The molecule has 3 fully saturated rings. The molecule has 0 radical (unpaired) electrons. The van der Waals surface area contributed by atoms with Crippen molar-refractivity contribution in [2.75, 3.05) is 26.4 Å². The Morgan fingerprint density at radius 1 is 0.346 bits per heavy atom. The number of rotatable bonds is 69. The third kappa shape index (κ3) is 46.7. The number of aliphatic hydroxyl groups is 11. The first-order valence-electron chi connectivity index (χ1n) is 43.3. The lowest BCUT2D eigenvalue weighted by Crippen LogP contribution is -2.66. The van der Waals surface area contributed by atoms with E-state index in [1.807, 2.05) is 6.08 Å². The van der Waals surface area contributed by atoms with Gasteiger partial charge < -0.3 is 89.9 Å². The van der Waals surface area contributed by atoms with Gasteiger partial charge in [-0.2, -0.15) is 0 Å². The lowest BCUT2D eigenvalue weighted by Gasteiger charge is -2.48. The number of carbonyl (C=O) groups excluding carboxylic acids is 1. The summed E-state index contributed by atoms with van der Waals surface area (Å²) < 4.78 is 34.5. The van der Waals surface area contributed by atoms with E-state index in [0.717, 1.165) is 70.6 Å². The highest BCUT2D eigenvalue weighted by molar-refractivity contribution is 5.76. The molecule has 1 amide bonds. The predicted molar refractivity (Wildman–Crippen MR) is 429 cm³/mol. The standard InChI is InChI=1S/C88H157NO18/c1-3-5-7-9-11-13-15-17-19-21-23-25-26-27-28-29-30-31-32-33-34-35-36-37-38-39-40-41-42-43-44-46-48-50-52-54-56-58-60-62-64-66-76(94)89-71(72(93)65-63-61-59-57-55-53-51-49-47-45-24-22-20-18-16-14-12-10-8-6-4-2)70-102-86-82(100)79(97)84(74(68-91)104-86)107-88-83(101)80(98)85(75(69-92)105-88)106-87-81(99)78(96)77(95)73(67-90)103-87/h5,7,11,13,17,19,23,25,27-28,55,57,63,65,71-75,77-88,90-93,95-101H,3-4,6,8-10,12,14-16,18,20-22,24,26,29-54,56,58-62,64,66-70H2,1-2H3,(H,89,94)/b7-5-,13-11-,19-17-,25-23-,28-27-,57-55+,65-63+. The summed E-state index contributed by atoms with van der Waals surface area (Å²) in [6.45, 7) is 1.64. The van der Waals surface area contributed by atoms with Gasteiger partial charge in [-0.1, -0.05) is 336 Å². The number of nitrogens with one attached hydrogen (secondary N) is 1. The number of amides is 1. The molecular weight excluding hydrogens is 1360 g/mol. The Hall–Kier alpha value is -3.03. The smallest absolute Gasteiger partial charge is 0.220 e. The number of unbranched alkanes of at least 4 members (excludes halogenated alkanes) is 41. The van der Waals surface area contributed by atoms with E-state index in [4.69, 9.17) is 28.4 Å². The van der Waals surface area contributed by atoms with Gasteiger partial charge in [-0.25, -0.2) is 0 Å². The van der Waals surface area contributed by atoms with Crippen LogP contribution in [0.4, 0.5) is 0 Å². The van der Waals surface area contributed by atoms with E-state index in [1.54, 1.807) is 6.08 Å². The second kappa shape index (κ2) is 67.5. The van der Waals surface area contributed by atoms with Crippen molar-refractivity contribution >= 4 is 5.91 Å². The summed E-state index contributed by atoms with van der Waals surface area (Å²) >= 11 is 0. The zero-order valence-corrected chi connectivity index (χ0v) is 66.9. The van der Waals surface area contributed by atoms with E-state index in [2.05, 4.69) is 92.1 Å². The third-order valence-corrected chi connectivity index (χ3v) is 21.2. The third-order valence-electron chi connectivity index (χ3n) is 21.2. The van der Waals surface area contributed by atoms with E-state index >= 15 is 0 Å². The Balaban J connectivity index is 1.30. The van der Waals surface area contributed by atoms with Gasteiger partial charge >= 0.3 is 0 Å². The van der Waals surface area contributed by atoms with Gasteiger partial charge in [0.05, 0.1) is 38.6 Å². The summed E-state index contributed by atoms with van der Waals surface area (Å²) in [5, 5.41) is 121. The van der Waals surface area contributed by atoms with E-state index in [-0.39, 0.29) is 18.9 Å². The van der Waals surface area contributed by atoms with Crippen LogP contribution in [0.15, 0.2) is 85.1 Å². The van der Waals surface area contributed by atoms with Gasteiger partial charge in [0, 0.05) is 6.42 Å². The van der Waals surface area contributed by atoms with E-state index in [0.29, 0.717) is 12.8 Å². The normalized spacial score (nSPS) is 25.9. The SMILES string of the molecule is CC/C=C\C/C=C\C/C=C\C/C=C\C/C=C\CCCCCCCCCCCCCCCCCCCCCCCCCCCC(=O)NC(COC1OC(CO)C(OC2OC(CO)C(OC3OC(CO)C(O)C(O)C3O)C(O)C2O)C(O)C1O)C(O)/C=C/CC/C=C/CCCCCCCCCCCCCCCCC. The fraction of sp³-hybridized carbons (Fsp3) is 0.830. The molecule has 107 heavy (non-hydrogen) atoms. The van der Waals surface area contributed by atoms with Gasteiger partial charge in [0.2, 0.25) is 5.91 Å². The number of hydrogen-bond donors (Lipinski definition) is 12. The van der Waals surface area contributed by atoms with Crippen LogP contribution >= 0.6 is 0 Å². The van der Waals surface area contributed by atoms with Gasteiger partial charge in [-0.15, -0.1) is 0 Å². The van der Waals surface area contributed by atoms with Crippen LogP contribution in [0.2, 0.25) is 0 Å². The highest BCUT2D eigenvalue weighted by Crippen LogP contribution is 2.33. The Morgan fingerprint density at radius 3 is 1.05 bits per heavy atom. The molecule has 0 aromatic heterocycles. The summed E-state index contributed by atoms with van der Waals surface area (Å²) in [5.41, 5.74) is 0. The van der Waals surface area contributed by atoms with Crippen LogP contribution in [0, 0.1) is 0 Å². The fourth-order valence-electron chi connectivity index (χ4n) is 14.3. The van der Waals surface area contributed by atoms with Gasteiger partial charge in [0.25, 0.3) is 0 Å². The first-order chi connectivity index (χ1) is 52.3. The first-order valence-corrected chi connectivity index (χ1v) is 43.3. The molecule has 17 atom stereocenters. The average Bonchev–Trinajstić information content (AvgIpc) is 0.782. The molecule has 3 aliphatic rings. The molecule has 0 aromatic rings. The monoisotopic (exact) mass is 1520 g/mol. The Morgan fingerprint density at radius 2 is 0.654 bits per heavy atom. The molecule has 622 valence electrons. The van der Waals surface area contributed by atoms with Crippen molar-refractivity contribution < 1.29 is 89.4 Å². The van der Waals surface area contributed by atoms with E-state index < -0.39 is 124 Å². The quantitative estimate of drug-likeness (QED) is 0.0199. The molecule has 12 N–H and O–H groups in total. The molecule has 19 heteroatoms. The number of ether oxygens (including phenoxy) is 6. The summed E-state index contributed by atoms with van der Waals surface area (Å²) in [4.78, 5) is 13.5. The zero-order valence-electron chi connectivity index (χ0n) is 66.9. The molecule has 17 unspecified atom stereocenters. The number of hydrogen-bond acceptors (Lipinski definition) is 18. The molecule has 19 nitrogen and oxygen atoms in total. The second-order valence-corrected chi connectivity index (χ2v) is 30.6. The van der Waals surface area contributed by atoms with E-state index in [1.165, 1.54) is 231 Å². The van der Waals surface area contributed by atoms with Crippen molar-refractivity contribution in [3.8, 4) is 0 Å². The van der Waals surface area contributed by atoms with Crippen LogP contribution in [0.3, 0.4) is 0 Å². The fourth-order valence-corrected chi connectivity index (χ4v) is 14.3. The molecule has 3 saturated heterocycles. The maximum absolute atomic E-state index is 13.5. The molecule has 3 heterocycles. The van der Waals surface area contributed by atoms with Crippen LogP contribution in [-0.2, 0) is 33.2 Å². The second-order valence-electron chi connectivity index (χ2n) is 30.6. The summed E-state index contributed by atoms with van der Waals surface area (Å²) in [5.74, 6) is -0.280. The highest BCUT2D eigenvalue weighted by Gasteiger charge is 2.54. The minimum absolute atomic E-state index is 0.237. The van der Waals surface area contributed by atoms with Crippen LogP contribution in [0.25, 0.3) is 0 Å². The lowest BCUT2D eigenvalue weighted by molar-refractivity contribution is -0.379. The largest absolute Gasteiger partial charge is 0.394 e. The molecule has 3 aliphatic heterocycles. The maximum Gasteiger partial charge on any atom is 0.220 e. The number of aliphatic hydroxyl groups excluding tert-OH is 11. The Kier molecular flexibility index (Phi) is 61.9. The van der Waals surface area contributed by atoms with E-state index in [9.17, 15) is 61.0 Å². The minimum atomic E-state index is -1.98. The van der Waals surface area contributed by atoms with Crippen molar-refractivity contribution in [1.82, 2.24) is 5.32 Å². The number of allylic oxidation sites excluding steroid dienone is 13. The molecule has 0 bridgehead atoms. The number of carbonyl (C=O) groups is 1. The van der Waals surface area contributed by atoms with Crippen molar-refractivity contribution in [2.24, 2.45) is 0 Å². The van der Waals surface area contributed by atoms with Gasteiger partial charge in [0.1, 0.15) is 73.2 Å². The first kappa shape index (κ1) is 98.2. The molecule has 0 aromatic carbocycles. The Bertz CT molecular complexity index is 2260.